The van der Waals surface area contributed by atoms with Gasteiger partial charge in [-0.05, 0) is 43.0 Å². The Morgan fingerprint density at radius 2 is 1.67 bits per heavy atom. The molecule has 0 saturated carbocycles. The molecule has 1 aromatic heterocycles. The molecule has 0 atom stereocenters. The van der Waals surface area contributed by atoms with Gasteiger partial charge in [-0.1, -0.05) is 69.8 Å². The Balaban J connectivity index is 1.84. The Labute approximate surface area is 233 Å². The van der Waals surface area contributed by atoms with Crippen LogP contribution in [0, 0.1) is 12.3 Å². The Morgan fingerprint density at radius 3 is 2.33 bits per heavy atom. The van der Waals surface area contributed by atoms with E-state index in [4.69, 9.17) is 9.97 Å². The fraction of sp³-hybridized carbons (Fsp3) is 0.355. The lowest BCUT2D eigenvalue weighted by Crippen LogP contribution is -2.31. The van der Waals surface area contributed by atoms with Crippen molar-refractivity contribution >= 4 is 34.9 Å². The molecule has 0 spiro atoms. The lowest BCUT2D eigenvalue weighted by atomic mass is 9.96. The van der Waals surface area contributed by atoms with Crippen molar-refractivity contribution in [3.63, 3.8) is 0 Å². The van der Waals surface area contributed by atoms with Crippen molar-refractivity contribution in [2.45, 2.75) is 34.6 Å². The highest BCUT2D eigenvalue weighted by Gasteiger charge is 2.18. The molecule has 0 bridgehead atoms. The number of rotatable bonds is 13. The van der Waals surface area contributed by atoms with Gasteiger partial charge in [-0.3, -0.25) is 0 Å². The van der Waals surface area contributed by atoms with Gasteiger partial charge in [0.05, 0.1) is 5.70 Å². The predicted molar refractivity (Wildman–Crippen MR) is 166 cm³/mol. The van der Waals surface area contributed by atoms with E-state index in [2.05, 4.69) is 76.9 Å². The Kier molecular flexibility index (Phi) is 10.1. The minimum atomic E-state index is 0.0807. The van der Waals surface area contributed by atoms with Crippen LogP contribution in [0.4, 0.5) is 29.2 Å². The van der Waals surface area contributed by atoms with Crippen LogP contribution in [0.2, 0.25) is 0 Å². The van der Waals surface area contributed by atoms with Crippen molar-refractivity contribution in [1.82, 2.24) is 20.3 Å². The highest BCUT2D eigenvalue weighted by atomic mass is 15.3. The molecule has 0 radical (unpaired) electrons. The molecule has 3 aromatic rings. The molecule has 8 nitrogen and oxygen atoms in total. The van der Waals surface area contributed by atoms with Crippen LogP contribution in [0.1, 0.15) is 38.8 Å². The van der Waals surface area contributed by atoms with E-state index in [0.29, 0.717) is 30.9 Å². The molecule has 4 N–H and O–H groups in total. The Hall–Kier alpha value is -4.29. The first-order valence-electron chi connectivity index (χ1n) is 13.2. The minimum Gasteiger partial charge on any atom is -0.383 e. The van der Waals surface area contributed by atoms with Gasteiger partial charge in [0.25, 0.3) is 0 Å². The van der Waals surface area contributed by atoms with Gasteiger partial charge in [-0.25, -0.2) is 0 Å². The van der Waals surface area contributed by atoms with Gasteiger partial charge in [0.15, 0.2) is 0 Å². The Bertz CT molecular complexity index is 1300. The summed E-state index contributed by atoms with van der Waals surface area (Å²) in [7, 11) is 2.01. The van der Waals surface area contributed by atoms with E-state index in [0.717, 1.165) is 46.9 Å². The normalized spacial score (nSPS) is 10.8. The van der Waals surface area contributed by atoms with Crippen molar-refractivity contribution < 1.29 is 0 Å². The summed E-state index contributed by atoms with van der Waals surface area (Å²) in [5, 5.41) is 13.5. The van der Waals surface area contributed by atoms with Crippen LogP contribution < -0.4 is 26.2 Å². The largest absolute Gasteiger partial charge is 0.383 e. The second-order valence-electron chi connectivity index (χ2n) is 10.9. The summed E-state index contributed by atoms with van der Waals surface area (Å²) in [6, 6.07) is 16.3. The van der Waals surface area contributed by atoms with E-state index in [1.807, 2.05) is 63.4 Å². The van der Waals surface area contributed by atoms with Gasteiger partial charge in [0, 0.05) is 50.2 Å². The molecule has 0 aliphatic rings. The molecular weight excluding hydrogens is 484 g/mol. The molecule has 206 valence electrons. The Morgan fingerprint density at radius 1 is 0.974 bits per heavy atom. The van der Waals surface area contributed by atoms with Gasteiger partial charge in [0.1, 0.15) is 0 Å². The molecule has 1 heterocycles. The van der Waals surface area contributed by atoms with Crippen molar-refractivity contribution in [3.8, 4) is 0 Å². The van der Waals surface area contributed by atoms with Gasteiger partial charge >= 0.3 is 0 Å². The zero-order valence-electron chi connectivity index (χ0n) is 24.2. The maximum absolute atomic E-state index is 4.76. The second kappa shape index (κ2) is 13.5. The van der Waals surface area contributed by atoms with Crippen LogP contribution in [0.15, 0.2) is 73.0 Å². The number of nitrogens with one attached hydrogen (secondary N) is 4. The molecule has 39 heavy (non-hydrogen) atoms. The number of aryl methyl sites for hydroxylation is 1. The third-order valence-corrected chi connectivity index (χ3v) is 5.70. The first-order valence-corrected chi connectivity index (χ1v) is 13.2. The van der Waals surface area contributed by atoms with Crippen LogP contribution >= 0.6 is 0 Å². The van der Waals surface area contributed by atoms with Crippen molar-refractivity contribution in [2.75, 3.05) is 54.1 Å². The second-order valence-corrected chi connectivity index (χ2v) is 10.9. The third kappa shape index (κ3) is 9.51. The number of hydrogen-bond donors (Lipinski definition) is 4. The molecule has 3 rings (SSSR count). The number of nitrogens with zero attached hydrogens (tertiary/aromatic N) is 4. The van der Waals surface area contributed by atoms with Gasteiger partial charge in [-0.2, -0.15) is 15.0 Å². The molecule has 0 fully saturated rings. The third-order valence-electron chi connectivity index (χ3n) is 5.70. The SMILES string of the molecule is C=C=C(NCC(=C)C)c1ccc(C)c(Nc2nc(NCCNc3ccccc3)nc(N(C)CC(C)(C)C)n2)c1. The molecule has 2 aromatic carbocycles. The van der Waals surface area contributed by atoms with Crippen LogP contribution in [0.3, 0.4) is 0 Å². The summed E-state index contributed by atoms with van der Waals surface area (Å²) >= 11 is 0. The topological polar surface area (TPSA) is 90.0 Å². The maximum Gasteiger partial charge on any atom is 0.233 e. The van der Waals surface area contributed by atoms with Crippen molar-refractivity contribution in [1.29, 1.82) is 0 Å². The minimum absolute atomic E-state index is 0.0807. The van der Waals surface area contributed by atoms with Crippen molar-refractivity contribution in [2.24, 2.45) is 5.41 Å². The highest BCUT2D eigenvalue weighted by Crippen LogP contribution is 2.25. The van der Waals surface area contributed by atoms with E-state index in [1.165, 1.54) is 0 Å². The maximum atomic E-state index is 4.76. The van der Waals surface area contributed by atoms with E-state index >= 15 is 0 Å². The summed E-state index contributed by atoms with van der Waals surface area (Å²) in [6.07, 6.45) is 0. The summed E-state index contributed by atoms with van der Waals surface area (Å²) in [5.41, 5.74) is 8.92. The number of benzene rings is 2. The lowest BCUT2D eigenvalue weighted by molar-refractivity contribution is 0.416. The van der Waals surface area contributed by atoms with Gasteiger partial charge in [-0.15, -0.1) is 5.73 Å². The average Bonchev–Trinajstić information content (AvgIpc) is 2.88. The monoisotopic (exact) mass is 526 g/mol. The molecule has 0 saturated heterocycles. The van der Waals surface area contributed by atoms with E-state index in [1.54, 1.807) is 0 Å². The van der Waals surface area contributed by atoms with Gasteiger partial charge in [0.2, 0.25) is 17.8 Å². The van der Waals surface area contributed by atoms with Crippen molar-refractivity contribution in [3.05, 3.63) is 84.1 Å². The fourth-order valence-electron chi connectivity index (χ4n) is 3.93. The number of hydrogen-bond acceptors (Lipinski definition) is 8. The fourth-order valence-corrected chi connectivity index (χ4v) is 3.93. The van der Waals surface area contributed by atoms with Gasteiger partial charge < -0.3 is 26.2 Å². The summed E-state index contributed by atoms with van der Waals surface area (Å²) < 4.78 is 0. The molecule has 0 amide bonds. The van der Waals surface area contributed by atoms with Crippen LogP contribution in [-0.2, 0) is 0 Å². The molecule has 8 heteroatoms. The number of anilines is 5. The first kappa shape index (κ1) is 29.3. The highest BCUT2D eigenvalue weighted by molar-refractivity contribution is 5.70. The summed E-state index contributed by atoms with van der Waals surface area (Å²) in [6.45, 7) is 21.2. The zero-order chi connectivity index (χ0) is 28.4. The number of aromatic nitrogens is 3. The van der Waals surface area contributed by atoms with E-state index in [-0.39, 0.29) is 5.41 Å². The first-order chi connectivity index (χ1) is 18.5. The van der Waals surface area contributed by atoms with E-state index in [9.17, 15) is 0 Å². The summed E-state index contributed by atoms with van der Waals surface area (Å²) in [5.74, 6) is 1.59. The standard InChI is InChI=1S/C31H42N8/c1-9-26(34-20-22(2)3)24-16-15-23(4)27(19-24)35-29-36-28(33-18-17-32-25-13-11-10-12-14-25)37-30(38-29)39(8)21-31(5,6)7/h10-16,19,32,34H,1-2,17-18,20-21H2,3-8H3,(H2,33,35,36,37,38). The smallest absolute Gasteiger partial charge is 0.233 e. The molecule has 0 aliphatic carbocycles. The molecular formula is C31H42N8. The molecule has 0 unspecified atom stereocenters. The van der Waals surface area contributed by atoms with Crippen LogP contribution in [0.5, 0.6) is 0 Å². The van der Waals surface area contributed by atoms with Crippen LogP contribution in [-0.4, -0.2) is 48.2 Å². The quantitative estimate of drug-likeness (QED) is 0.119. The number of para-hydroxylation sites is 1. The average molecular weight is 527 g/mol. The zero-order valence-corrected chi connectivity index (χ0v) is 24.2. The van der Waals surface area contributed by atoms with E-state index < -0.39 is 0 Å². The molecule has 0 aliphatic heterocycles. The summed E-state index contributed by atoms with van der Waals surface area (Å²) in [4.78, 5) is 16.2. The lowest BCUT2D eigenvalue weighted by Gasteiger charge is -2.27. The van der Waals surface area contributed by atoms with Crippen LogP contribution in [0.25, 0.3) is 5.70 Å². The predicted octanol–water partition coefficient (Wildman–Crippen LogP) is 6.22.